The number of nitrogens with zero attached hydrogens (tertiary/aromatic N) is 1. The van der Waals surface area contributed by atoms with Gasteiger partial charge in [0, 0.05) is 11.1 Å². The van der Waals surface area contributed by atoms with E-state index in [2.05, 4.69) is 10.5 Å². The van der Waals surface area contributed by atoms with E-state index >= 15 is 0 Å². The van der Waals surface area contributed by atoms with Gasteiger partial charge in [0.15, 0.2) is 0 Å². The van der Waals surface area contributed by atoms with Crippen molar-refractivity contribution in [1.82, 2.24) is 5.43 Å². The van der Waals surface area contributed by atoms with Gasteiger partial charge in [-0.05, 0) is 42.8 Å². The molecule has 0 saturated carbocycles. The molecule has 1 heterocycles. The van der Waals surface area contributed by atoms with E-state index in [0.29, 0.717) is 28.2 Å². The molecule has 0 aliphatic heterocycles. The lowest BCUT2D eigenvalue weighted by molar-refractivity contribution is 0.0696. The average molecular weight is 348 g/mol. The van der Waals surface area contributed by atoms with Crippen LogP contribution >= 0.6 is 0 Å². The number of carboxylic acid groups (broad SMARTS) is 1. The highest BCUT2D eigenvalue weighted by molar-refractivity contribution is 5.94. The molecule has 3 rings (SSSR count). The highest BCUT2D eigenvalue weighted by Crippen LogP contribution is 2.24. The molecule has 130 valence electrons. The summed E-state index contributed by atoms with van der Waals surface area (Å²) in [5.74, 6) is -0.353. The van der Waals surface area contributed by atoms with Crippen molar-refractivity contribution in [1.29, 1.82) is 0 Å². The lowest BCUT2D eigenvalue weighted by atomic mass is 10.0. The molecule has 0 spiro atoms. The van der Waals surface area contributed by atoms with E-state index in [0.717, 1.165) is 0 Å². The van der Waals surface area contributed by atoms with Crippen molar-refractivity contribution >= 4 is 18.1 Å². The Hall–Kier alpha value is -3.67. The van der Waals surface area contributed by atoms with Crippen molar-refractivity contribution < 1.29 is 19.1 Å². The van der Waals surface area contributed by atoms with Crippen LogP contribution in [-0.2, 0) is 0 Å². The second-order valence-corrected chi connectivity index (χ2v) is 5.60. The summed E-state index contributed by atoms with van der Waals surface area (Å²) >= 11 is 0. The topological polar surface area (TPSA) is 91.9 Å². The van der Waals surface area contributed by atoms with Crippen molar-refractivity contribution in [2.24, 2.45) is 5.10 Å². The largest absolute Gasteiger partial charge is 0.478 e. The molecular formula is C20H16N2O4. The summed E-state index contributed by atoms with van der Waals surface area (Å²) in [5.41, 5.74) is 4.48. The van der Waals surface area contributed by atoms with Gasteiger partial charge in [-0.2, -0.15) is 5.10 Å². The van der Waals surface area contributed by atoms with Gasteiger partial charge in [0.2, 0.25) is 0 Å². The predicted molar refractivity (Wildman–Crippen MR) is 97.3 cm³/mol. The van der Waals surface area contributed by atoms with Crippen LogP contribution < -0.4 is 5.43 Å². The Morgan fingerprint density at radius 1 is 1.08 bits per heavy atom. The maximum Gasteiger partial charge on any atom is 0.335 e. The zero-order valence-electron chi connectivity index (χ0n) is 14.0. The minimum atomic E-state index is -0.985. The molecule has 1 aromatic heterocycles. The van der Waals surface area contributed by atoms with Gasteiger partial charge in [0.05, 0.1) is 11.8 Å². The molecule has 0 saturated heterocycles. The number of rotatable bonds is 5. The summed E-state index contributed by atoms with van der Waals surface area (Å²) in [6.07, 6.45) is 1.39. The Morgan fingerprint density at radius 2 is 1.85 bits per heavy atom. The van der Waals surface area contributed by atoms with Crippen molar-refractivity contribution in [2.45, 2.75) is 6.92 Å². The van der Waals surface area contributed by atoms with E-state index in [-0.39, 0.29) is 11.5 Å². The van der Waals surface area contributed by atoms with Gasteiger partial charge in [-0.3, -0.25) is 4.79 Å². The lowest BCUT2D eigenvalue weighted by Gasteiger charge is -2.03. The van der Waals surface area contributed by atoms with Crippen LogP contribution in [0, 0.1) is 6.92 Å². The highest BCUT2D eigenvalue weighted by Gasteiger charge is 2.11. The van der Waals surface area contributed by atoms with Crippen LogP contribution in [0.25, 0.3) is 11.3 Å². The monoisotopic (exact) mass is 348 g/mol. The summed E-state index contributed by atoms with van der Waals surface area (Å²) in [7, 11) is 0. The van der Waals surface area contributed by atoms with Crippen molar-refractivity contribution in [2.75, 3.05) is 0 Å². The van der Waals surface area contributed by atoms with Crippen LogP contribution in [0.15, 0.2) is 70.2 Å². The molecule has 0 aliphatic rings. The van der Waals surface area contributed by atoms with Crippen LogP contribution in [0.2, 0.25) is 0 Å². The number of amides is 1. The molecule has 0 fully saturated rings. The second-order valence-electron chi connectivity index (χ2n) is 5.60. The number of aryl methyl sites for hydroxylation is 1. The van der Waals surface area contributed by atoms with E-state index in [1.165, 1.54) is 6.21 Å². The molecule has 2 N–H and O–H groups in total. The Labute approximate surface area is 149 Å². The minimum absolute atomic E-state index is 0.226. The summed E-state index contributed by atoms with van der Waals surface area (Å²) in [6.45, 7) is 1.74. The summed E-state index contributed by atoms with van der Waals surface area (Å²) < 4.78 is 5.64. The molecule has 6 heteroatoms. The van der Waals surface area contributed by atoms with Gasteiger partial charge in [0.1, 0.15) is 11.5 Å². The molecule has 3 aromatic rings. The zero-order chi connectivity index (χ0) is 18.5. The third kappa shape index (κ3) is 3.87. The molecule has 2 aromatic carbocycles. The molecule has 0 aliphatic carbocycles. The number of hydrogen-bond donors (Lipinski definition) is 2. The Kier molecular flexibility index (Phi) is 4.94. The number of carbonyl (C=O) groups excluding carboxylic acids is 1. The van der Waals surface area contributed by atoms with Gasteiger partial charge in [-0.1, -0.05) is 30.3 Å². The average Bonchev–Trinajstić information content (AvgIpc) is 3.11. The van der Waals surface area contributed by atoms with Crippen LogP contribution in [0.1, 0.15) is 32.0 Å². The molecule has 1 amide bonds. The van der Waals surface area contributed by atoms with Crippen molar-refractivity contribution in [3.63, 3.8) is 0 Å². The molecule has 0 atom stereocenters. The van der Waals surface area contributed by atoms with E-state index < -0.39 is 5.97 Å². The number of hydrogen-bond acceptors (Lipinski definition) is 4. The number of carbonyl (C=O) groups is 2. The Bertz CT molecular complexity index is 974. The molecular weight excluding hydrogens is 332 g/mol. The fourth-order valence-electron chi connectivity index (χ4n) is 2.39. The second kappa shape index (κ2) is 7.48. The van der Waals surface area contributed by atoms with E-state index in [1.54, 1.807) is 61.5 Å². The van der Waals surface area contributed by atoms with Gasteiger partial charge >= 0.3 is 5.97 Å². The first kappa shape index (κ1) is 17.2. The zero-order valence-corrected chi connectivity index (χ0v) is 14.0. The van der Waals surface area contributed by atoms with E-state index in [4.69, 9.17) is 4.42 Å². The maximum absolute atomic E-state index is 11.9. The van der Waals surface area contributed by atoms with Gasteiger partial charge in [-0.15, -0.1) is 0 Å². The summed E-state index contributed by atoms with van der Waals surface area (Å²) in [4.78, 5) is 23.1. The normalized spacial score (nSPS) is 10.8. The van der Waals surface area contributed by atoms with Crippen LogP contribution in [0.4, 0.5) is 0 Å². The quantitative estimate of drug-likeness (QED) is 0.543. The first-order valence-corrected chi connectivity index (χ1v) is 7.87. The summed E-state index contributed by atoms with van der Waals surface area (Å²) in [6, 6.07) is 17.2. The summed E-state index contributed by atoms with van der Waals surface area (Å²) in [5, 5.41) is 13.1. The minimum Gasteiger partial charge on any atom is -0.478 e. The van der Waals surface area contributed by atoms with Gasteiger partial charge < -0.3 is 9.52 Å². The van der Waals surface area contributed by atoms with Crippen LogP contribution in [-0.4, -0.2) is 23.2 Å². The van der Waals surface area contributed by atoms with E-state index in [9.17, 15) is 14.7 Å². The first-order valence-electron chi connectivity index (χ1n) is 7.87. The van der Waals surface area contributed by atoms with Crippen LogP contribution in [0.5, 0.6) is 0 Å². The third-order valence-corrected chi connectivity index (χ3v) is 3.77. The lowest BCUT2D eigenvalue weighted by Crippen LogP contribution is -2.17. The maximum atomic E-state index is 11.9. The van der Waals surface area contributed by atoms with Gasteiger partial charge in [-0.25, -0.2) is 10.2 Å². The molecule has 0 bridgehead atoms. The SMILES string of the molecule is Cc1ccc(-c2ccc(/C=N\NC(=O)c3ccccc3)o2)cc1C(=O)O. The Morgan fingerprint density at radius 3 is 2.58 bits per heavy atom. The van der Waals surface area contributed by atoms with Crippen LogP contribution in [0.3, 0.4) is 0 Å². The van der Waals surface area contributed by atoms with E-state index in [1.807, 2.05) is 6.07 Å². The number of furan rings is 1. The molecule has 0 unspecified atom stereocenters. The number of nitrogens with one attached hydrogen (secondary N) is 1. The number of aromatic carboxylic acids is 1. The smallest absolute Gasteiger partial charge is 0.335 e. The van der Waals surface area contributed by atoms with Crippen molar-refractivity contribution in [3.05, 3.63) is 83.1 Å². The number of hydrazone groups is 1. The number of carboxylic acids is 1. The highest BCUT2D eigenvalue weighted by atomic mass is 16.4. The predicted octanol–water partition coefficient (Wildman–Crippen LogP) is 3.72. The first-order chi connectivity index (χ1) is 12.5. The standard InChI is InChI=1S/C20H16N2O4/c1-13-7-8-15(11-17(13)20(24)25)18-10-9-16(26-18)12-21-22-19(23)14-5-3-2-4-6-14/h2-12H,1H3,(H,22,23)(H,24,25)/b21-12-. The molecule has 26 heavy (non-hydrogen) atoms. The fourth-order valence-corrected chi connectivity index (χ4v) is 2.39. The van der Waals surface area contributed by atoms with Crippen molar-refractivity contribution in [3.8, 4) is 11.3 Å². The third-order valence-electron chi connectivity index (χ3n) is 3.77. The van der Waals surface area contributed by atoms with Gasteiger partial charge in [0.25, 0.3) is 5.91 Å². The fraction of sp³-hybridized carbons (Fsp3) is 0.0500. The Balaban J connectivity index is 1.71. The molecule has 6 nitrogen and oxygen atoms in total. The molecule has 0 radical (unpaired) electrons. The number of benzene rings is 2.